The summed E-state index contributed by atoms with van der Waals surface area (Å²) in [5, 5.41) is 9.17. The topological polar surface area (TPSA) is 89.4 Å². The van der Waals surface area contributed by atoms with Crippen LogP contribution in [0.1, 0.15) is 48.6 Å². The predicted octanol–water partition coefficient (Wildman–Crippen LogP) is 2.62. The molecule has 1 heterocycles. The fourth-order valence-electron chi connectivity index (χ4n) is 1.87. The Morgan fingerprint density at radius 2 is 1.95 bits per heavy atom. The highest BCUT2D eigenvalue weighted by Crippen LogP contribution is 2.30. The summed E-state index contributed by atoms with van der Waals surface area (Å²) < 4.78 is 5.04. The Bertz CT molecular complexity index is 534. The molecule has 0 bridgehead atoms. The van der Waals surface area contributed by atoms with Gasteiger partial charge in [-0.15, -0.1) is 0 Å². The van der Waals surface area contributed by atoms with E-state index >= 15 is 0 Å². The Balaban J connectivity index is 3.13. The van der Waals surface area contributed by atoms with E-state index in [1.807, 2.05) is 6.92 Å². The normalized spacial score (nSPS) is 12.0. The number of nitrogens with zero attached hydrogens (tertiary/aromatic N) is 2. The van der Waals surface area contributed by atoms with Gasteiger partial charge < -0.3 is 9.84 Å². The second kappa shape index (κ2) is 7.97. The molecule has 0 saturated heterocycles. The number of esters is 1. The zero-order chi connectivity index (χ0) is 16.0. The van der Waals surface area contributed by atoms with Gasteiger partial charge in [-0.05, 0) is 27.2 Å². The molecule has 1 aromatic heterocycles. The molecule has 0 aromatic carbocycles. The second-order valence-corrected chi connectivity index (χ2v) is 5.68. The monoisotopic (exact) mass is 312 g/mol. The zero-order valence-corrected chi connectivity index (χ0v) is 13.5. The van der Waals surface area contributed by atoms with E-state index in [4.69, 9.17) is 4.74 Å². The van der Waals surface area contributed by atoms with Crippen molar-refractivity contribution in [2.75, 3.05) is 6.61 Å². The van der Waals surface area contributed by atoms with Gasteiger partial charge in [0.15, 0.2) is 0 Å². The van der Waals surface area contributed by atoms with Crippen molar-refractivity contribution >= 4 is 23.7 Å². The van der Waals surface area contributed by atoms with Gasteiger partial charge in [-0.3, -0.25) is 4.79 Å². The number of aromatic carboxylic acids is 1. The van der Waals surface area contributed by atoms with Crippen molar-refractivity contribution in [3.05, 3.63) is 17.1 Å². The number of carbonyl (C=O) groups excluding carboxylic acids is 1. The van der Waals surface area contributed by atoms with Gasteiger partial charge in [0.25, 0.3) is 0 Å². The lowest BCUT2D eigenvalue weighted by Gasteiger charge is -2.15. The quantitative estimate of drug-likeness (QED) is 0.470. The number of aromatic nitrogens is 2. The Hall–Kier alpha value is -1.63. The molecule has 7 heteroatoms. The summed E-state index contributed by atoms with van der Waals surface area (Å²) >= 11 is 1.14. The molecule has 21 heavy (non-hydrogen) atoms. The Morgan fingerprint density at radius 1 is 1.29 bits per heavy atom. The van der Waals surface area contributed by atoms with Crippen LogP contribution in [0.15, 0.2) is 5.03 Å². The highest BCUT2D eigenvalue weighted by atomic mass is 32.2. The summed E-state index contributed by atoms with van der Waals surface area (Å²) in [5.41, 5.74) is 0.451. The summed E-state index contributed by atoms with van der Waals surface area (Å²) in [4.78, 5) is 31.6. The van der Waals surface area contributed by atoms with Crippen molar-refractivity contribution in [1.29, 1.82) is 0 Å². The molecule has 0 aliphatic heterocycles. The van der Waals surface area contributed by atoms with Crippen LogP contribution in [0.2, 0.25) is 0 Å². The van der Waals surface area contributed by atoms with Crippen molar-refractivity contribution in [3.8, 4) is 0 Å². The minimum atomic E-state index is -1.09. The standard InChI is InChI=1S/C14H20N2O4S/c1-5-7-10(14(19)20-6-2)21-12-11(13(17)18)8(3)15-9(4)16-12/h10H,5-7H2,1-4H3,(H,17,18). The lowest BCUT2D eigenvalue weighted by atomic mass is 10.2. The van der Waals surface area contributed by atoms with Crippen LogP contribution in [0.4, 0.5) is 0 Å². The van der Waals surface area contributed by atoms with E-state index < -0.39 is 11.2 Å². The van der Waals surface area contributed by atoms with Gasteiger partial charge >= 0.3 is 11.9 Å². The summed E-state index contributed by atoms with van der Waals surface area (Å²) in [6, 6.07) is 0. The van der Waals surface area contributed by atoms with Crippen LogP contribution >= 0.6 is 11.8 Å². The molecule has 1 N–H and O–H groups in total. The molecule has 1 unspecified atom stereocenters. The maximum absolute atomic E-state index is 12.0. The largest absolute Gasteiger partial charge is 0.478 e. The van der Waals surface area contributed by atoms with Crippen LogP contribution in [-0.2, 0) is 9.53 Å². The molecule has 1 rings (SSSR count). The van der Waals surface area contributed by atoms with E-state index in [1.165, 1.54) is 0 Å². The van der Waals surface area contributed by atoms with Crippen LogP contribution in [0.5, 0.6) is 0 Å². The highest BCUT2D eigenvalue weighted by molar-refractivity contribution is 8.00. The predicted molar refractivity (Wildman–Crippen MR) is 79.7 cm³/mol. The van der Waals surface area contributed by atoms with Gasteiger partial charge in [0.1, 0.15) is 21.7 Å². The third kappa shape index (κ3) is 4.70. The number of carbonyl (C=O) groups is 2. The SMILES string of the molecule is CCCC(Sc1nc(C)nc(C)c1C(=O)O)C(=O)OCC. The van der Waals surface area contributed by atoms with Crippen molar-refractivity contribution in [3.63, 3.8) is 0 Å². The molecule has 0 saturated carbocycles. The summed E-state index contributed by atoms with van der Waals surface area (Å²) in [5.74, 6) is -0.942. The van der Waals surface area contributed by atoms with Crippen LogP contribution in [0, 0.1) is 13.8 Å². The first-order valence-electron chi connectivity index (χ1n) is 6.82. The van der Waals surface area contributed by atoms with Crippen LogP contribution < -0.4 is 0 Å². The van der Waals surface area contributed by atoms with E-state index in [-0.39, 0.29) is 11.5 Å². The van der Waals surface area contributed by atoms with Crippen molar-refractivity contribution in [2.24, 2.45) is 0 Å². The lowest BCUT2D eigenvalue weighted by molar-refractivity contribution is -0.142. The van der Waals surface area contributed by atoms with Crippen LogP contribution in [0.3, 0.4) is 0 Å². The molecule has 0 amide bonds. The Morgan fingerprint density at radius 3 is 2.48 bits per heavy atom. The summed E-state index contributed by atoms with van der Waals surface area (Å²) in [6.45, 7) is 7.32. The number of thioether (sulfide) groups is 1. The smallest absolute Gasteiger partial charge is 0.340 e. The van der Waals surface area contributed by atoms with Crippen LogP contribution in [0.25, 0.3) is 0 Å². The average Bonchev–Trinajstić information content (AvgIpc) is 2.37. The maximum Gasteiger partial charge on any atom is 0.340 e. The number of ether oxygens (including phenoxy) is 1. The van der Waals surface area contributed by atoms with Crippen LogP contribution in [-0.4, -0.2) is 38.9 Å². The van der Waals surface area contributed by atoms with Gasteiger partial charge in [-0.1, -0.05) is 25.1 Å². The fourth-order valence-corrected chi connectivity index (χ4v) is 3.19. The average molecular weight is 312 g/mol. The molecule has 1 aromatic rings. The number of carboxylic acids is 1. The first-order chi connectivity index (χ1) is 9.90. The maximum atomic E-state index is 12.0. The summed E-state index contributed by atoms with van der Waals surface area (Å²) in [7, 11) is 0. The number of carboxylic acid groups (broad SMARTS) is 1. The summed E-state index contributed by atoms with van der Waals surface area (Å²) in [6.07, 6.45) is 1.40. The minimum Gasteiger partial charge on any atom is -0.478 e. The van der Waals surface area contributed by atoms with Crippen molar-refractivity contribution in [1.82, 2.24) is 9.97 Å². The first-order valence-corrected chi connectivity index (χ1v) is 7.70. The number of hydrogen-bond donors (Lipinski definition) is 1. The number of rotatable bonds is 7. The molecule has 0 aliphatic carbocycles. The molecule has 6 nitrogen and oxygen atoms in total. The van der Waals surface area contributed by atoms with E-state index in [0.717, 1.165) is 18.2 Å². The molecule has 1 atom stereocenters. The lowest BCUT2D eigenvalue weighted by Crippen LogP contribution is -2.21. The molecule has 0 radical (unpaired) electrons. The van der Waals surface area contributed by atoms with Crippen molar-refractivity contribution in [2.45, 2.75) is 50.8 Å². The number of aryl methyl sites for hydroxylation is 2. The molecule has 0 fully saturated rings. The molecular weight excluding hydrogens is 292 g/mol. The molecule has 0 aliphatic rings. The number of hydrogen-bond acceptors (Lipinski definition) is 6. The second-order valence-electron chi connectivity index (χ2n) is 4.49. The highest BCUT2D eigenvalue weighted by Gasteiger charge is 2.25. The van der Waals surface area contributed by atoms with E-state index in [2.05, 4.69) is 9.97 Å². The third-order valence-corrected chi connectivity index (χ3v) is 3.97. The van der Waals surface area contributed by atoms with Gasteiger partial charge in [0.05, 0.1) is 12.3 Å². The van der Waals surface area contributed by atoms with Crippen molar-refractivity contribution < 1.29 is 19.4 Å². The Kier molecular flexibility index (Phi) is 6.61. The van der Waals surface area contributed by atoms with E-state index in [1.54, 1.807) is 20.8 Å². The zero-order valence-electron chi connectivity index (χ0n) is 12.7. The molecular formula is C14H20N2O4S. The van der Waals surface area contributed by atoms with Gasteiger partial charge in [0.2, 0.25) is 0 Å². The Labute approximate surface area is 128 Å². The minimum absolute atomic E-state index is 0.0519. The fraction of sp³-hybridized carbons (Fsp3) is 0.571. The third-order valence-electron chi connectivity index (χ3n) is 2.74. The van der Waals surface area contributed by atoms with E-state index in [9.17, 15) is 14.7 Å². The molecule has 0 spiro atoms. The van der Waals surface area contributed by atoms with Gasteiger partial charge in [-0.25, -0.2) is 14.8 Å². The first kappa shape index (κ1) is 17.4. The van der Waals surface area contributed by atoms with E-state index in [0.29, 0.717) is 29.6 Å². The van der Waals surface area contributed by atoms with Gasteiger partial charge in [-0.2, -0.15) is 0 Å². The molecule has 116 valence electrons. The van der Waals surface area contributed by atoms with Gasteiger partial charge in [0, 0.05) is 0 Å².